The second kappa shape index (κ2) is 6.90. The fourth-order valence-corrected chi connectivity index (χ4v) is 2.74. The number of para-hydroxylation sites is 1. The highest BCUT2D eigenvalue weighted by Gasteiger charge is 2.10. The van der Waals surface area contributed by atoms with Crippen LogP contribution in [0.5, 0.6) is 0 Å². The van der Waals surface area contributed by atoms with E-state index in [0.29, 0.717) is 18.8 Å². The molecule has 0 unspecified atom stereocenters. The lowest BCUT2D eigenvalue weighted by atomic mass is 10.3. The van der Waals surface area contributed by atoms with Crippen LogP contribution in [0.1, 0.15) is 11.3 Å². The maximum absolute atomic E-state index is 12.0. The van der Waals surface area contributed by atoms with Gasteiger partial charge in [-0.25, -0.2) is 9.48 Å². The minimum Gasteiger partial charge on any atom is -0.299 e. The number of aromatic nitrogens is 4. The second-order valence-electron chi connectivity index (χ2n) is 6.18. The highest BCUT2D eigenvalue weighted by atomic mass is 16.2. The van der Waals surface area contributed by atoms with Crippen LogP contribution in [-0.4, -0.2) is 30.9 Å². The summed E-state index contributed by atoms with van der Waals surface area (Å²) in [4.78, 5) is 25.9. The Balaban J connectivity index is 1.74. The van der Waals surface area contributed by atoms with Crippen LogP contribution in [0.4, 0.5) is 0 Å². The molecular weight excluding hydrogens is 318 g/mol. The summed E-state index contributed by atoms with van der Waals surface area (Å²) in [6, 6.07) is 11.4. The Morgan fingerprint density at radius 2 is 1.76 bits per heavy atom. The first kappa shape index (κ1) is 16.9. The molecule has 0 aliphatic heterocycles. The quantitative estimate of drug-likeness (QED) is 0.693. The molecule has 25 heavy (non-hydrogen) atoms. The van der Waals surface area contributed by atoms with Gasteiger partial charge in [-0.3, -0.25) is 18.8 Å². The van der Waals surface area contributed by atoms with Gasteiger partial charge < -0.3 is 0 Å². The number of rotatable bonds is 5. The van der Waals surface area contributed by atoms with Gasteiger partial charge in [-0.05, 0) is 19.2 Å². The highest BCUT2D eigenvalue weighted by Crippen LogP contribution is 2.10. The molecule has 0 radical (unpaired) electrons. The standard InChI is InChI=1S/C18H21N5O2/c1-20(13-16-9-17(24)22(3)18(25)21(16)2)11-14-10-19-23(12-14)15-7-5-4-6-8-15/h4-10,12H,11,13H2,1-3H3. The molecule has 0 saturated heterocycles. The predicted molar refractivity (Wildman–Crippen MR) is 95.7 cm³/mol. The number of hydrogen-bond donors (Lipinski definition) is 0. The van der Waals surface area contributed by atoms with Gasteiger partial charge in [-0.1, -0.05) is 18.2 Å². The lowest BCUT2D eigenvalue weighted by Crippen LogP contribution is -2.39. The summed E-state index contributed by atoms with van der Waals surface area (Å²) in [6.45, 7) is 1.16. The second-order valence-corrected chi connectivity index (χ2v) is 6.18. The Kier molecular flexibility index (Phi) is 4.67. The Hall–Kier alpha value is -2.93. The first-order chi connectivity index (χ1) is 12.0. The average Bonchev–Trinajstić information content (AvgIpc) is 3.07. The molecule has 0 aliphatic carbocycles. The molecule has 7 nitrogen and oxygen atoms in total. The summed E-state index contributed by atoms with van der Waals surface area (Å²) < 4.78 is 4.44. The van der Waals surface area contributed by atoms with Gasteiger partial charge >= 0.3 is 5.69 Å². The predicted octanol–water partition coefficient (Wildman–Crippen LogP) is 0.902. The van der Waals surface area contributed by atoms with Gasteiger partial charge in [0.1, 0.15) is 0 Å². The van der Waals surface area contributed by atoms with E-state index < -0.39 is 0 Å². The third-order valence-corrected chi connectivity index (χ3v) is 4.17. The maximum atomic E-state index is 12.0. The molecule has 1 aromatic carbocycles. The first-order valence-corrected chi connectivity index (χ1v) is 7.99. The van der Waals surface area contributed by atoms with Gasteiger partial charge in [0, 0.05) is 50.7 Å². The molecule has 0 N–H and O–H groups in total. The fourth-order valence-electron chi connectivity index (χ4n) is 2.74. The molecule has 0 amide bonds. The third-order valence-electron chi connectivity index (χ3n) is 4.17. The maximum Gasteiger partial charge on any atom is 0.330 e. The van der Waals surface area contributed by atoms with Crippen molar-refractivity contribution in [3.05, 3.63) is 80.9 Å². The van der Waals surface area contributed by atoms with Crippen molar-refractivity contribution in [2.45, 2.75) is 13.1 Å². The van der Waals surface area contributed by atoms with Crippen LogP contribution >= 0.6 is 0 Å². The van der Waals surface area contributed by atoms with Crippen LogP contribution in [0.15, 0.2) is 58.4 Å². The van der Waals surface area contributed by atoms with Gasteiger partial charge in [-0.15, -0.1) is 0 Å². The van der Waals surface area contributed by atoms with Gasteiger partial charge in [0.25, 0.3) is 5.56 Å². The molecule has 0 fully saturated rings. The van der Waals surface area contributed by atoms with E-state index in [2.05, 4.69) is 5.10 Å². The zero-order valence-corrected chi connectivity index (χ0v) is 14.6. The van der Waals surface area contributed by atoms with E-state index in [9.17, 15) is 9.59 Å². The summed E-state index contributed by atoms with van der Waals surface area (Å²) in [5.41, 5.74) is 2.15. The van der Waals surface area contributed by atoms with Gasteiger partial charge in [0.05, 0.1) is 11.9 Å². The van der Waals surface area contributed by atoms with Crippen LogP contribution in [-0.2, 0) is 27.2 Å². The molecule has 7 heteroatoms. The molecule has 0 atom stereocenters. The highest BCUT2D eigenvalue weighted by molar-refractivity contribution is 5.30. The molecule has 3 aromatic rings. The largest absolute Gasteiger partial charge is 0.330 e. The van der Waals surface area contributed by atoms with Gasteiger partial charge in [0.15, 0.2) is 0 Å². The van der Waals surface area contributed by atoms with Crippen LogP contribution < -0.4 is 11.2 Å². The van der Waals surface area contributed by atoms with Crippen LogP contribution in [0, 0.1) is 0 Å². The van der Waals surface area contributed by atoms with Crippen molar-refractivity contribution in [3.63, 3.8) is 0 Å². The van der Waals surface area contributed by atoms with Gasteiger partial charge in [0.2, 0.25) is 0 Å². The molecule has 0 aliphatic rings. The molecule has 2 aromatic heterocycles. The van der Waals surface area contributed by atoms with Crippen molar-refractivity contribution in [2.75, 3.05) is 7.05 Å². The Bertz CT molecular complexity index is 985. The van der Waals surface area contributed by atoms with Crippen LogP contribution in [0.2, 0.25) is 0 Å². The van der Waals surface area contributed by atoms with Crippen molar-refractivity contribution in [2.24, 2.45) is 14.1 Å². The molecule has 0 saturated carbocycles. The topological polar surface area (TPSA) is 65.1 Å². The molecule has 3 rings (SSSR count). The molecule has 130 valence electrons. The average molecular weight is 339 g/mol. The smallest absolute Gasteiger partial charge is 0.299 e. The van der Waals surface area contributed by atoms with E-state index in [1.807, 2.05) is 59.4 Å². The monoisotopic (exact) mass is 339 g/mol. The lowest BCUT2D eigenvalue weighted by Gasteiger charge is -2.17. The number of nitrogens with zero attached hydrogens (tertiary/aromatic N) is 5. The fraction of sp³-hybridized carbons (Fsp3) is 0.278. The van der Waals surface area contributed by atoms with E-state index in [1.54, 1.807) is 7.05 Å². The minimum atomic E-state index is -0.312. The van der Waals surface area contributed by atoms with E-state index in [1.165, 1.54) is 17.7 Å². The third kappa shape index (κ3) is 3.61. The van der Waals surface area contributed by atoms with Gasteiger partial charge in [-0.2, -0.15) is 5.10 Å². The summed E-state index contributed by atoms with van der Waals surface area (Å²) in [5.74, 6) is 0. The van der Waals surface area contributed by atoms with E-state index in [4.69, 9.17) is 0 Å². The van der Waals surface area contributed by atoms with E-state index >= 15 is 0 Å². The van der Waals surface area contributed by atoms with Crippen LogP contribution in [0.25, 0.3) is 5.69 Å². The Morgan fingerprint density at radius 3 is 2.48 bits per heavy atom. The van der Waals surface area contributed by atoms with Crippen molar-refractivity contribution in [1.82, 2.24) is 23.8 Å². The van der Waals surface area contributed by atoms with E-state index in [-0.39, 0.29) is 11.2 Å². The summed E-state index contributed by atoms with van der Waals surface area (Å²) in [7, 11) is 5.11. The lowest BCUT2D eigenvalue weighted by molar-refractivity contribution is 0.308. The molecule has 0 bridgehead atoms. The van der Waals surface area contributed by atoms with Crippen molar-refractivity contribution < 1.29 is 0 Å². The minimum absolute atomic E-state index is 0.289. The molecule has 0 spiro atoms. The SMILES string of the molecule is CN(Cc1cnn(-c2ccccc2)c1)Cc1cc(=O)n(C)c(=O)n1C. The zero-order chi connectivity index (χ0) is 18.0. The Morgan fingerprint density at radius 1 is 1.04 bits per heavy atom. The Labute approximate surface area is 145 Å². The first-order valence-electron chi connectivity index (χ1n) is 7.99. The summed E-state index contributed by atoms with van der Waals surface area (Å²) in [5, 5.41) is 4.39. The van der Waals surface area contributed by atoms with E-state index in [0.717, 1.165) is 15.8 Å². The molecule has 2 heterocycles. The summed E-state index contributed by atoms with van der Waals surface area (Å²) in [6.07, 6.45) is 3.81. The van der Waals surface area contributed by atoms with Crippen molar-refractivity contribution >= 4 is 0 Å². The number of benzene rings is 1. The van der Waals surface area contributed by atoms with Crippen molar-refractivity contribution in [3.8, 4) is 5.69 Å². The van der Waals surface area contributed by atoms with Crippen LogP contribution in [0.3, 0.4) is 0 Å². The zero-order valence-electron chi connectivity index (χ0n) is 14.6. The normalized spacial score (nSPS) is 11.2. The molecular formula is C18H21N5O2. The van der Waals surface area contributed by atoms with Crippen molar-refractivity contribution in [1.29, 1.82) is 0 Å². The summed E-state index contributed by atoms with van der Waals surface area (Å²) >= 11 is 0. The number of hydrogen-bond acceptors (Lipinski definition) is 4.